The number of nitrogens with zero attached hydrogens (tertiary/aromatic N) is 4. The average Bonchev–Trinajstić information content (AvgIpc) is 3.15. The molecule has 3 rings (SSSR count). The molecular formula is C17H14BrClFN5O. The molecule has 134 valence electrons. The van der Waals surface area contributed by atoms with E-state index >= 15 is 0 Å². The number of hydrogen-bond donors (Lipinski definition) is 1. The number of anilines is 1. The number of carbonyl (C=O) groups excluding carboxylic acids is 1. The van der Waals surface area contributed by atoms with Crippen LogP contribution < -0.4 is 5.32 Å². The highest BCUT2D eigenvalue weighted by Gasteiger charge is 2.12. The van der Waals surface area contributed by atoms with Crippen molar-refractivity contribution in [2.24, 2.45) is 7.05 Å². The maximum absolute atomic E-state index is 13.9. The summed E-state index contributed by atoms with van der Waals surface area (Å²) in [5.74, 6) is -0.420. The maximum Gasteiger partial charge on any atom is 0.249 e. The fraction of sp³-hybridized carbons (Fsp3) is 0.118. The highest BCUT2D eigenvalue weighted by molar-refractivity contribution is 9.10. The normalized spacial score (nSPS) is 11.2. The van der Waals surface area contributed by atoms with Crippen molar-refractivity contribution >= 4 is 45.3 Å². The Morgan fingerprint density at radius 2 is 2.23 bits per heavy atom. The van der Waals surface area contributed by atoms with Gasteiger partial charge in [0.2, 0.25) is 5.91 Å². The summed E-state index contributed by atoms with van der Waals surface area (Å²) in [6, 6.07) is 4.50. The zero-order chi connectivity index (χ0) is 18.7. The van der Waals surface area contributed by atoms with Crippen molar-refractivity contribution < 1.29 is 9.18 Å². The molecule has 0 radical (unpaired) electrons. The Balaban J connectivity index is 1.70. The van der Waals surface area contributed by atoms with Gasteiger partial charge in [-0.05, 0) is 34.1 Å². The Kier molecular flexibility index (Phi) is 5.53. The topological polar surface area (TPSA) is 64.7 Å². The average molecular weight is 439 g/mol. The summed E-state index contributed by atoms with van der Waals surface area (Å²) in [6.07, 6.45) is 8.10. The lowest BCUT2D eigenvalue weighted by Crippen LogP contribution is -2.10. The molecule has 0 fully saturated rings. The van der Waals surface area contributed by atoms with E-state index in [0.717, 1.165) is 5.56 Å². The summed E-state index contributed by atoms with van der Waals surface area (Å²) >= 11 is 9.37. The SMILES string of the molecule is Cn1cc(/C=C/C(=O)Nc2nn(Cc3c(F)cccc3Cl)cc2Br)cn1. The third-order valence-electron chi connectivity index (χ3n) is 3.49. The lowest BCUT2D eigenvalue weighted by atomic mass is 10.2. The molecule has 0 spiro atoms. The summed E-state index contributed by atoms with van der Waals surface area (Å²) < 4.78 is 17.6. The van der Waals surface area contributed by atoms with E-state index in [9.17, 15) is 9.18 Å². The first kappa shape index (κ1) is 18.3. The lowest BCUT2D eigenvalue weighted by Gasteiger charge is -2.05. The number of benzene rings is 1. The second kappa shape index (κ2) is 7.84. The van der Waals surface area contributed by atoms with E-state index in [0.29, 0.717) is 20.9 Å². The minimum absolute atomic E-state index is 0.144. The third-order valence-corrected chi connectivity index (χ3v) is 4.43. The van der Waals surface area contributed by atoms with E-state index in [2.05, 4.69) is 31.4 Å². The minimum Gasteiger partial charge on any atom is -0.305 e. The third kappa shape index (κ3) is 4.39. The molecule has 0 saturated heterocycles. The van der Waals surface area contributed by atoms with Gasteiger partial charge in [0.1, 0.15) is 5.82 Å². The van der Waals surface area contributed by atoms with Crippen LogP contribution in [0, 0.1) is 5.82 Å². The molecule has 0 unspecified atom stereocenters. The second-order valence-corrected chi connectivity index (χ2v) is 6.75. The van der Waals surface area contributed by atoms with Crippen molar-refractivity contribution in [2.75, 3.05) is 5.32 Å². The van der Waals surface area contributed by atoms with Crippen LogP contribution in [0.2, 0.25) is 5.02 Å². The Morgan fingerprint density at radius 1 is 1.42 bits per heavy atom. The molecular weight excluding hydrogens is 425 g/mol. The quantitative estimate of drug-likeness (QED) is 0.615. The van der Waals surface area contributed by atoms with E-state index in [4.69, 9.17) is 11.6 Å². The molecule has 0 atom stereocenters. The number of amides is 1. The molecule has 2 heterocycles. The van der Waals surface area contributed by atoms with Crippen LogP contribution >= 0.6 is 27.5 Å². The molecule has 2 aromatic heterocycles. The number of hydrogen-bond acceptors (Lipinski definition) is 3. The number of carbonyl (C=O) groups is 1. The van der Waals surface area contributed by atoms with Crippen LogP contribution in [0.3, 0.4) is 0 Å². The highest BCUT2D eigenvalue weighted by atomic mass is 79.9. The van der Waals surface area contributed by atoms with E-state index in [1.165, 1.54) is 16.8 Å². The standard InChI is InChI=1S/C17H14BrClFN5O/c1-24-8-11(7-21-24)5-6-16(26)22-17-13(18)10-25(23-17)9-12-14(19)3-2-4-15(12)20/h2-8,10H,9H2,1H3,(H,22,23,26)/b6-5+. The summed E-state index contributed by atoms with van der Waals surface area (Å²) in [6.45, 7) is 0.144. The van der Waals surface area contributed by atoms with Crippen LogP contribution in [-0.2, 0) is 18.4 Å². The monoisotopic (exact) mass is 437 g/mol. The van der Waals surface area contributed by atoms with Crippen molar-refractivity contribution in [1.82, 2.24) is 19.6 Å². The molecule has 0 aliphatic carbocycles. The fourth-order valence-corrected chi connectivity index (χ4v) is 2.90. The smallest absolute Gasteiger partial charge is 0.249 e. The Labute approximate surface area is 162 Å². The van der Waals surface area contributed by atoms with Gasteiger partial charge >= 0.3 is 0 Å². The van der Waals surface area contributed by atoms with Gasteiger partial charge in [-0.1, -0.05) is 17.7 Å². The van der Waals surface area contributed by atoms with Gasteiger partial charge in [0.15, 0.2) is 5.82 Å². The molecule has 0 aliphatic rings. The number of halogens is 3. The van der Waals surface area contributed by atoms with E-state index < -0.39 is 5.82 Å². The first-order chi connectivity index (χ1) is 12.4. The van der Waals surface area contributed by atoms with Crippen molar-refractivity contribution in [2.45, 2.75) is 6.54 Å². The van der Waals surface area contributed by atoms with Crippen LogP contribution in [0.4, 0.5) is 10.2 Å². The van der Waals surface area contributed by atoms with Gasteiger partial charge in [-0.3, -0.25) is 14.2 Å². The summed E-state index contributed by atoms with van der Waals surface area (Å²) in [5.41, 5.74) is 1.14. The molecule has 0 aliphatic heterocycles. The predicted molar refractivity (Wildman–Crippen MR) is 101 cm³/mol. The Bertz CT molecular complexity index is 961. The van der Waals surface area contributed by atoms with Crippen molar-refractivity contribution in [3.63, 3.8) is 0 Å². The van der Waals surface area contributed by atoms with E-state index in [1.807, 2.05) is 0 Å². The van der Waals surface area contributed by atoms with E-state index in [1.54, 1.807) is 48.5 Å². The molecule has 6 nitrogen and oxygen atoms in total. The number of aromatic nitrogens is 4. The molecule has 9 heteroatoms. The summed E-state index contributed by atoms with van der Waals surface area (Å²) in [5, 5.41) is 11.3. The number of rotatable bonds is 5. The molecule has 1 N–H and O–H groups in total. The number of aryl methyl sites for hydroxylation is 1. The zero-order valence-corrected chi connectivity index (χ0v) is 16.0. The van der Waals surface area contributed by atoms with Gasteiger partial charge < -0.3 is 5.32 Å². The highest BCUT2D eigenvalue weighted by Crippen LogP contribution is 2.24. The second-order valence-electron chi connectivity index (χ2n) is 5.49. The fourth-order valence-electron chi connectivity index (χ4n) is 2.26. The van der Waals surface area contributed by atoms with Gasteiger partial charge in [0, 0.05) is 41.7 Å². The first-order valence-electron chi connectivity index (χ1n) is 7.56. The van der Waals surface area contributed by atoms with E-state index in [-0.39, 0.29) is 12.5 Å². The minimum atomic E-state index is -0.408. The largest absolute Gasteiger partial charge is 0.305 e. The van der Waals surface area contributed by atoms with Crippen molar-refractivity contribution in [1.29, 1.82) is 0 Å². The molecule has 0 saturated carbocycles. The lowest BCUT2D eigenvalue weighted by molar-refractivity contribution is -0.111. The van der Waals surface area contributed by atoms with Crippen LogP contribution in [0.1, 0.15) is 11.1 Å². The maximum atomic E-state index is 13.9. The summed E-state index contributed by atoms with van der Waals surface area (Å²) in [4.78, 5) is 12.0. The van der Waals surface area contributed by atoms with Crippen LogP contribution in [-0.4, -0.2) is 25.5 Å². The Hall–Kier alpha value is -2.45. The van der Waals surface area contributed by atoms with Gasteiger partial charge in [0.05, 0.1) is 17.2 Å². The predicted octanol–water partition coefficient (Wildman–Crippen LogP) is 3.87. The van der Waals surface area contributed by atoms with Crippen molar-refractivity contribution in [3.05, 3.63) is 69.3 Å². The number of nitrogens with one attached hydrogen (secondary N) is 1. The molecule has 1 aromatic carbocycles. The summed E-state index contributed by atoms with van der Waals surface area (Å²) in [7, 11) is 1.79. The molecule has 1 amide bonds. The molecule has 3 aromatic rings. The zero-order valence-electron chi connectivity index (χ0n) is 13.7. The Morgan fingerprint density at radius 3 is 2.92 bits per heavy atom. The van der Waals surface area contributed by atoms with Crippen LogP contribution in [0.5, 0.6) is 0 Å². The first-order valence-corrected chi connectivity index (χ1v) is 8.73. The molecule has 26 heavy (non-hydrogen) atoms. The van der Waals surface area contributed by atoms with Gasteiger partial charge in [-0.15, -0.1) is 0 Å². The van der Waals surface area contributed by atoms with Crippen LogP contribution in [0.15, 0.2) is 47.3 Å². The van der Waals surface area contributed by atoms with Gasteiger partial charge in [-0.25, -0.2) is 4.39 Å². The van der Waals surface area contributed by atoms with Crippen LogP contribution in [0.25, 0.3) is 6.08 Å². The van der Waals surface area contributed by atoms with Crippen molar-refractivity contribution in [3.8, 4) is 0 Å². The van der Waals surface area contributed by atoms with Gasteiger partial charge in [-0.2, -0.15) is 10.2 Å². The molecule has 0 bridgehead atoms. The van der Waals surface area contributed by atoms with Gasteiger partial charge in [0.25, 0.3) is 0 Å².